The van der Waals surface area contributed by atoms with Gasteiger partial charge >= 0.3 is 5.97 Å². The molecule has 2 aromatic rings. The average Bonchev–Trinajstić information content (AvgIpc) is 2.56. The van der Waals surface area contributed by atoms with Crippen molar-refractivity contribution in [2.24, 2.45) is 5.92 Å². The molecule has 0 spiro atoms. The van der Waals surface area contributed by atoms with Crippen LogP contribution in [0.25, 0.3) is 10.8 Å². The molecule has 0 saturated carbocycles. The van der Waals surface area contributed by atoms with E-state index in [2.05, 4.69) is 30.0 Å². The minimum Gasteiger partial charge on any atom is -0.457 e. The quantitative estimate of drug-likeness (QED) is 0.862. The van der Waals surface area contributed by atoms with Crippen molar-refractivity contribution in [3.63, 3.8) is 0 Å². The van der Waals surface area contributed by atoms with E-state index in [0.717, 1.165) is 42.4 Å². The van der Waals surface area contributed by atoms with Crippen molar-refractivity contribution in [2.75, 3.05) is 13.1 Å². The van der Waals surface area contributed by atoms with Gasteiger partial charge in [0.05, 0.1) is 11.2 Å². The topological polar surface area (TPSA) is 49.8 Å². The lowest BCUT2D eigenvalue weighted by molar-refractivity contribution is -0.0523. The van der Waals surface area contributed by atoms with Crippen LogP contribution in [0.15, 0.2) is 30.3 Å². The van der Waals surface area contributed by atoms with Crippen LogP contribution in [-0.2, 0) is 17.9 Å². The first kappa shape index (κ1) is 15.6. The summed E-state index contributed by atoms with van der Waals surface area (Å²) in [6, 6.07) is 10.1. The number of likely N-dealkylation sites (tertiary alicyclic amines) is 1. The normalized spacial score (nSPS) is 27.3. The van der Waals surface area contributed by atoms with Gasteiger partial charge in [0.1, 0.15) is 6.61 Å². The molecule has 2 atom stereocenters. The van der Waals surface area contributed by atoms with Crippen molar-refractivity contribution >= 4 is 16.7 Å². The van der Waals surface area contributed by atoms with E-state index < -0.39 is 5.60 Å². The lowest BCUT2D eigenvalue weighted by Gasteiger charge is -2.41. The molecule has 2 heterocycles. The Morgan fingerprint density at radius 3 is 2.96 bits per heavy atom. The van der Waals surface area contributed by atoms with E-state index in [0.29, 0.717) is 12.2 Å². The summed E-state index contributed by atoms with van der Waals surface area (Å²) in [6.45, 7) is 7.02. The maximum Gasteiger partial charge on any atom is 0.339 e. The third-order valence-corrected chi connectivity index (χ3v) is 5.72. The van der Waals surface area contributed by atoms with Gasteiger partial charge in [-0.3, -0.25) is 4.90 Å². The van der Waals surface area contributed by atoms with Gasteiger partial charge in [0, 0.05) is 25.0 Å². The van der Waals surface area contributed by atoms with Crippen LogP contribution in [-0.4, -0.2) is 34.7 Å². The molecular formula is C20H23NO3. The maximum atomic E-state index is 12.0. The number of carbonyl (C=O) groups excluding carboxylic acids is 1. The number of aliphatic hydroxyl groups is 1. The van der Waals surface area contributed by atoms with Crippen LogP contribution in [0.2, 0.25) is 0 Å². The first-order valence-electron chi connectivity index (χ1n) is 8.61. The van der Waals surface area contributed by atoms with Crippen molar-refractivity contribution in [3.8, 4) is 0 Å². The number of benzene rings is 2. The number of hydrogen-bond donors (Lipinski definition) is 1. The highest BCUT2D eigenvalue weighted by atomic mass is 16.5. The Balaban J connectivity index is 1.68. The first-order chi connectivity index (χ1) is 11.5. The lowest BCUT2D eigenvalue weighted by atomic mass is 9.83. The van der Waals surface area contributed by atoms with Crippen molar-refractivity contribution in [2.45, 2.75) is 39.0 Å². The minimum atomic E-state index is -0.569. The smallest absolute Gasteiger partial charge is 0.339 e. The summed E-state index contributed by atoms with van der Waals surface area (Å²) in [5.41, 5.74) is 2.42. The third-order valence-electron chi connectivity index (χ3n) is 5.72. The monoisotopic (exact) mass is 325 g/mol. The van der Waals surface area contributed by atoms with Gasteiger partial charge in [-0.2, -0.15) is 0 Å². The molecule has 0 aliphatic carbocycles. The summed E-state index contributed by atoms with van der Waals surface area (Å²) in [7, 11) is 0. The molecule has 0 bridgehead atoms. The average molecular weight is 325 g/mol. The summed E-state index contributed by atoms with van der Waals surface area (Å²) < 4.78 is 5.24. The van der Waals surface area contributed by atoms with Gasteiger partial charge in [0.15, 0.2) is 0 Å². The molecule has 0 amide bonds. The highest BCUT2D eigenvalue weighted by Gasteiger charge is 2.34. The van der Waals surface area contributed by atoms with Crippen LogP contribution in [0.5, 0.6) is 0 Å². The fourth-order valence-corrected chi connectivity index (χ4v) is 3.88. The van der Waals surface area contributed by atoms with Gasteiger partial charge in [-0.05, 0) is 41.8 Å². The standard InChI is InChI=1S/C20H23NO3/c1-13-10-21(9-8-20(13,2)23)11-14-6-7-15-12-24-19(22)17-5-3-4-16(14)18(15)17/h3-7,13,23H,8-12H2,1-2H3/t13-,20+/m1/s1. The molecule has 1 fully saturated rings. The SMILES string of the molecule is C[C@@H]1CN(Cc2ccc3c4c(cccc24)C(=O)OC3)CC[C@]1(C)O. The molecular weight excluding hydrogens is 302 g/mol. The molecule has 4 rings (SSSR count). The lowest BCUT2D eigenvalue weighted by Crippen LogP contribution is -2.48. The predicted octanol–water partition coefficient (Wildman–Crippen LogP) is 3.10. The van der Waals surface area contributed by atoms with Gasteiger partial charge in [0.2, 0.25) is 0 Å². The van der Waals surface area contributed by atoms with Gasteiger partial charge in [-0.1, -0.05) is 31.2 Å². The molecule has 0 radical (unpaired) electrons. The van der Waals surface area contributed by atoms with Gasteiger partial charge < -0.3 is 9.84 Å². The zero-order chi connectivity index (χ0) is 16.9. The van der Waals surface area contributed by atoms with E-state index in [1.54, 1.807) is 0 Å². The number of piperidine rings is 1. The molecule has 2 aromatic carbocycles. The second-order valence-corrected chi connectivity index (χ2v) is 7.43. The van der Waals surface area contributed by atoms with Gasteiger partial charge in [0.25, 0.3) is 0 Å². The summed E-state index contributed by atoms with van der Waals surface area (Å²) in [4.78, 5) is 14.4. The molecule has 2 aliphatic heterocycles. The van der Waals surface area contributed by atoms with Crippen LogP contribution in [0.1, 0.15) is 41.8 Å². The van der Waals surface area contributed by atoms with Crippen molar-refractivity contribution in [1.82, 2.24) is 4.90 Å². The number of ether oxygens (including phenoxy) is 1. The van der Waals surface area contributed by atoms with Crippen molar-refractivity contribution in [3.05, 3.63) is 47.0 Å². The first-order valence-corrected chi connectivity index (χ1v) is 8.61. The number of rotatable bonds is 2. The van der Waals surface area contributed by atoms with Crippen LogP contribution in [0.3, 0.4) is 0 Å². The molecule has 0 unspecified atom stereocenters. The Morgan fingerprint density at radius 2 is 2.17 bits per heavy atom. The van der Waals surface area contributed by atoms with Crippen LogP contribution >= 0.6 is 0 Å². The fraction of sp³-hybridized carbons (Fsp3) is 0.450. The minimum absolute atomic E-state index is 0.229. The second kappa shape index (κ2) is 5.57. The molecule has 1 saturated heterocycles. The van der Waals surface area contributed by atoms with E-state index in [1.165, 1.54) is 5.56 Å². The Morgan fingerprint density at radius 1 is 1.33 bits per heavy atom. The molecule has 24 heavy (non-hydrogen) atoms. The van der Waals surface area contributed by atoms with E-state index in [-0.39, 0.29) is 11.9 Å². The van der Waals surface area contributed by atoms with Gasteiger partial charge in [-0.15, -0.1) is 0 Å². The van der Waals surface area contributed by atoms with E-state index in [9.17, 15) is 9.90 Å². The molecule has 4 nitrogen and oxygen atoms in total. The Hall–Kier alpha value is -1.91. The Kier molecular flexibility index (Phi) is 3.62. The largest absolute Gasteiger partial charge is 0.457 e. The summed E-state index contributed by atoms with van der Waals surface area (Å²) in [5.74, 6) is 0.0223. The molecule has 2 aliphatic rings. The third kappa shape index (κ3) is 2.50. The highest BCUT2D eigenvalue weighted by molar-refractivity contribution is 6.08. The highest BCUT2D eigenvalue weighted by Crippen LogP contribution is 2.33. The molecule has 4 heteroatoms. The number of cyclic esters (lactones) is 1. The van der Waals surface area contributed by atoms with Crippen LogP contribution in [0, 0.1) is 5.92 Å². The van der Waals surface area contributed by atoms with Crippen LogP contribution < -0.4 is 0 Å². The molecule has 0 aromatic heterocycles. The molecule has 1 N–H and O–H groups in total. The van der Waals surface area contributed by atoms with E-state index in [1.807, 2.05) is 19.1 Å². The summed E-state index contributed by atoms with van der Waals surface area (Å²) >= 11 is 0. The fourth-order valence-electron chi connectivity index (χ4n) is 3.88. The van der Waals surface area contributed by atoms with E-state index in [4.69, 9.17) is 4.74 Å². The molecule has 126 valence electrons. The summed E-state index contributed by atoms with van der Waals surface area (Å²) in [6.07, 6.45) is 0.793. The predicted molar refractivity (Wildman–Crippen MR) is 92.7 cm³/mol. The Labute approximate surface area is 142 Å². The van der Waals surface area contributed by atoms with Crippen molar-refractivity contribution in [1.29, 1.82) is 0 Å². The Bertz CT molecular complexity index is 812. The number of esters is 1. The summed E-state index contributed by atoms with van der Waals surface area (Å²) in [5, 5.41) is 12.6. The zero-order valence-electron chi connectivity index (χ0n) is 14.2. The maximum absolute atomic E-state index is 12.0. The van der Waals surface area contributed by atoms with Crippen molar-refractivity contribution < 1.29 is 14.6 Å². The number of carbonyl (C=O) groups is 1. The van der Waals surface area contributed by atoms with Crippen LogP contribution in [0.4, 0.5) is 0 Å². The van der Waals surface area contributed by atoms with E-state index >= 15 is 0 Å². The second-order valence-electron chi connectivity index (χ2n) is 7.43. The zero-order valence-corrected chi connectivity index (χ0v) is 14.2. The number of hydrogen-bond acceptors (Lipinski definition) is 4. The van der Waals surface area contributed by atoms with Gasteiger partial charge in [-0.25, -0.2) is 4.79 Å². The number of nitrogens with zero attached hydrogens (tertiary/aromatic N) is 1.